The first-order chi connectivity index (χ1) is 8.63. The molecule has 2 aromatic heterocycles. The summed E-state index contributed by atoms with van der Waals surface area (Å²) >= 11 is 1.08. The fraction of sp³-hybridized carbons (Fsp3) is 0.286. The number of hydrogen-bond acceptors (Lipinski definition) is 9. The third-order valence-electron chi connectivity index (χ3n) is 1.93. The average Bonchev–Trinajstić information content (AvgIpc) is 2.70. The molecule has 0 aliphatic carbocycles. The molecule has 0 bridgehead atoms. The fourth-order valence-corrected chi connectivity index (χ4v) is 1.78. The van der Waals surface area contributed by atoms with Crippen molar-refractivity contribution < 1.29 is 4.74 Å². The summed E-state index contributed by atoms with van der Waals surface area (Å²) < 4.78 is 6.23. The number of nitrogens with one attached hydrogen (secondary N) is 2. The summed E-state index contributed by atoms with van der Waals surface area (Å²) in [4.78, 5) is 23.0. The number of anilines is 1. The van der Waals surface area contributed by atoms with Gasteiger partial charge in [-0.05, 0) is 11.8 Å². The van der Waals surface area contributed by atoms with Gasteiger partial charge in [-0.1, -0.05) is 0 Å². The Morgan fingerprint density at radius 1 is 1.44 bits per heavy atom. The molecular weight excluding hydrogens is 260 g/mol. The number of hydrogen-bond donors (Lipinski definition) is 3. The minimum absolute atomic E-state index is 0.112. The first kappa shape index (κ1) is 12.3. The van der Waals surface area contributed by atoms with E-state index in [1.165, 1.54) is 11.7 Å². The maximum Gasteiger partial charge on any atom is 0.343 e. The van der Waals surface area contributed by atoms with Crippen LogP contribution in [0.2, 0.25) is 0 Å². The lowest BCUT2D eigenvalue weighted by molar-refractivity contribution is 0.373. The molecule has 18 heavy (non-hydrogen) atoms. The van der Waals surface area contributed by atoms with Gasteiger partial charge in [0.15, 0.2) is 5.16 Å². The Balaban J connectivity index is 2.33. The number of aromatic amines is 1. The molecule has 0 aromatic carbocycles. The number of nitrogens with zero attached hydrogens (tertiary/aromatic N) is 5. The van der Waals surface area contributed by atoms with E-state index in [0.29, 0.717) is 10.3 Å². The quantitative estimate of drug-likeness (QED) is 0.459. The Morgan fingerprint density at radius 3 is 2.78 bits per heavy atom. The van der Waals surface area contributed by atoms with Crippen molar-refractivity contribution in [3.8, 4) is 6.01 Å². The van der Waals surface area contributed by atoms with Crippen molar-refractivity contribution in [2.24, 2.45) is 12.9 Å². The lowest BCUT2D eigenvalue weighted by Gasteiger charge is -2.04. The van der Waals surface area contributed by atoms with Crippen LogP contribution in [-0.4, -0.2) is 36.8 Å². The smallest absolute Gasteiger partial charge is 0.343 e. The lowest BCUT2D eigenvalue weighted by atomic mass is 10.9. The number of H-pyrrole nitrogens is 1. The summed E-state index contributed by atoms with van der Waals surface area (Å²) in [6.07, 6.45) is 0. The van der Waals surface area contributed by atoms with Gasteiger partial charge in [0, 0.05) is 7.05 Å². The Kier molecular flexibility index (Phi) is 3.43. The third kappa shape index (κ3) is 2.41. The van der Waals surface area contributed by atoms with E-state index >= 15 is 0 Å². The second-order valence-electron chi connectivity index (χ2n) is 3.05. The minimum Gasteiger partial charge on any atom is -0.467 e. The Morgan fingerprint density at radius 2 is 2.22 bits per heavy atom. The number of hydrazine groups is 1. The Bertz CT molecular complexity index is 585. The van der Waals surface area contributed by atoms with Gasteiger partial charge in [0.25, 0.3) is 0 Å². The molecule has 10 nitrogen and oxygen atoms in total. The molecule has 2 heterocycles. The van der Waals surface area contributed by atoms with Crippen LogP contribution in [0.4, 0.5) is 5.95 Å². The standard InChI is InChI=1S/C7H10N8O2S/c1-15-6(16)13-14-7(15)18-5-10-3(12-8)9-4(11-5)17-2/h8H2,1-2H3,(H,13,16)(H,9,10,11,12). The van der Waals surface area contributed by atoms with E-state index in [9.17, 15) is 4.79 Å². The largest absolute Gasteiger partial charge is 0.467 e. The van der Waals surface area contributed by atoms with Crippen LogP contribution in [0.5, 0.6) is 6.01 Å². The van der Waals surface area contributed by atoms with Crippen LogP contribution in [0.1, 0.15) is 0 Å². The van der Waals surface area contributed by atoms with Crippen LogP contribution in [0.3, 0.4) is 0 Å². The molecule has 0 saturated heterocycles. The number of ether oxygens (including phenoxy) is 1. The molecule has 0 unspecified atom stereocenters. The van der Waals surface area contributed by atoms with Crippen molar-refractivity contribution in [3.05, 3.63) is 10.5 Å². The Hall–Kier alpha value is -2.14. The van der Waals surface area contributed by atoms with Gasteiger partial charge in [0.05, 0.1) is 7.11 Å². The van der Waals surface area contributed by atoms with E-state index in [1.54, 1.807) is 7.05 Å². The summed E-state index contributed by atoms with van der Waals surface area (Å²) in [5, 5.41) is 6.84. The van der Waals surface area contributed by atoms with E-state index in [-0.39, 0.29) is 17.6 Å². The summed E-state index contributed by atoms with van der Waals surface area (Å²) in [6, 6.07) is 0.112. The topological polar surface area (TPSA) is 137 Å². The second kappa shape index (κ2) is 5.01. The third-order valence-corrected chi connectivity index (χ3v) is 2.84. The normalized spacial score (nSPS) is 10.4. The van der Waals surface area contributed by atoms with E-state index in [0.717, 1.165) is 11.8 Å². The van der Waals surface area contributed by atoms with E-state index in [1.807, 2.05) is 0 Å². The van der Waals surface area contributed by atoms with Crippen molar-refractivity contribution in [2.45, 2.75) is 10.3 Å². The molecule has 0 fully saturated rings. The average molecular weight is 270 g/mol. The molecule has 0 atom stereocenters. The molecule has 0 amide bonds. The molecule has 4 N–H and O–H groups in total. The zero-order chi connectivity index (χ0) is 13.1. The van der Waals surface area contributed by atoms with Crippen LogP contribution >= 0.6 is 11.8 Å². The summed E-state index contributed by atoms with van der Waals surface area (Å²) in [6.45, 7) is 0. The molecule has 96 valence electrons. The zero-order valence-corrected chi connectivity index (χ0v) is 10.4. The van der Waals surface area contributed by atoms with Crippen LogP contribution in [0.15, 0.2) is 15.1 Å². The van der Waals surface area contributed by atoms with Gasteiger partial charge < -0.3 is 4.74 Å². The molecule has 0 aliphatic heterocycles. The second-order valence-corrected chi connectivity index (χ2v) is 3.98. The first-order valence-electron chi connectivity index (χ1n) is 4.70. The predicted octanol–water partition coefficient (Wildman–Crippen LogP) is -1.26. The van der Waals surface area contributed by atoms with Crippen molar-refractivity contribution in [3.63, 3.8) is 0 Å². The van der Waals surface area contributed by atoms with E-state index in [2.05, 4.69) is 30.6 Å². The van der Waals surface area contributed by atoms with Crippen molar-refractivity contribution in [2.75, 3.05) is 12.5 Å². The number of nitrogen functional groups attached to an aromatic ring is 1. The van der Waals surface area contributed by atoms with Crippen LogP contribution in [-0.2, 0) is 7.05 Å². The molecule has 11 heteroatoms. The van der Waals surface area contributed by atoms with Crippen LogP contribution in [0, 0.1) is 0 Å². The fourth-order valence-electron chi connectivity index (χ4n) is 1.04. The monoisotopic (exact) mass is 270 g/mol. The van der Waals surface area contributed by atoms with Gasteiger partial charge in [-0.15, -0.1) is 5.10 Å². The number of rotatable bonds is 4. The molecule has 0 saturated carbocycles. The molecule has 0 radical (unpaired) electrons. The van der Waals surface area contributed by atoms with Gasteiger partial charge >= 0.3 is 11.7 Å². The lowest BCUT2D eigenvalue weighted by Crippen LogP contribution is -2.13. The first-order valence-corrected chi connectivity index (χ1v) is 5.51. The van der Waals surface area contributed by atoms with Crippen LogP contribution in [0.25, 0.3) is 0 Å². The highest BCUT2D eigenvalue weighted by atomic mass is 32.2. The maximum absolute atomic E-state index is 11.2. The molecule has 0 aliphatic rings. The number of aromatic nitrogens is 6. The molecular formula is C7H10N8O2S. The van der Waals surface area contributed by atoms with Crippen molar-refractivity contribution in [1.29, 1.82) is 0 Å². The minimum atomic E-state index is -0.323. The van der Waals surface area contributed by atoms with Gasteiger partial charge in [0.1, 0.15) is 0 Å². The van der Waals surface area contributed by atoms with Crippen LogP contribution < -0.4 is 21.7 Å². The van der Waals surface area contributed by atoms with E-state index < -0.39 is 0 Å². The van der Waals surface area contributed by atoms with Crippen molar-refractivity contribution >= 4 is 17.7 Å². The highest BCUT2D eigenvalue weighted by Gasteiger charge is 2.12. The summed E-state index contributed by atoms with van der Waals surface area (Å²) in [7, 11) is 3.00. The van der Waals surface area contributed by atoms with Gasteiger partial charge in [-0.25, -0.2) is 15.7 Å². The van der Waals surface area contributed by atoms with Crippen molar-refractivity contribution in [1.82, 2.24) is 29.7 Å². The SMILES string of the molecule is COc1nc(NN)nc(Sc2n[nH]c(=O)n2C)n1. The number of methoxy groups -OCH3 is 1. The van der Waals surface area contributed by atoms with Gasteiger partial charge in [-0.3, -0.25) is 9.99 Å². The van der Waals surface area contributed by atoms with Gasteiger partial charge in [0.2, 0.25) is 11.1 Å². The number of nitrogens with two attached hydrogens (primary N) is 1. The summed E-state index contributed by atoms with van der Waals surface area (Å²) in [5.41, 5.74) is 1.97. The zero-order valence-electron chi connectivity index (χ0n) is 9.54. The highest BCUT2D eigenvalue weighted by molar-refractivity contribution is 7.99. The van der Waals surface area contributed by atoms with Gasteiger partial charge in [-0.2, -0.15) is 15.0 Å². The molecule has 0 spiro atoms. The maximum atomic E-state index is 11.2. The molecule has 2 aromatic rings. The highest BCUT2D eigenvalue weighted by Crippen LogP contribution is 2.22. The summed E-state index contributed by atoms with van der Waals surface area (Å²) in [5.74, 6) is 5.38. The molecule has 2 rings (SSSR count). The van der Waals surface area contributed by atoms with E-state index in [4.69, 9.17) is 10.6 Å². The Labute approximate surface area is 105 Å². The predicted molar refractivity (Wildman–Crippen MR) is 62.1 cm³/mol.